The Morgan fingerprint density at radius 1 is 1.27 bits per heavy atom. The number of nitro groups is 1. The molecule has 0 fully saturated rings. The zero-order valence-corrected chi connectivity index (χ0v) is 13.1. The second-order valence-electron chi connectivity index (χ2n) is 4.26. The predicted octanol–water partition coefficient (Wildman–Crippen LogP) is 4.53. The number of nitrogens with zero attached hydrogens (tertiary/aromatic N) is 2. The minimum absolute atomic E-state index is 0.113. The lowest BCUT2D eigenvalue weighted by Crippen LogP contribution is -1.93. The Bertz CT molecular complexity index is 813. The van der Waals surface area contributed by atoms with Crippen molar-refractivity contribution in [2.45, 2.75) is 0 Å². The Morgan fingerprint density at radius 3 is 2.82 bits per heavy atom. The van der Waals surface area contributed by atoms with Crippen LogP contribution in [0.2, 0.25) is 0 Å². The minimum atomic E-state index is -0.394. The van der Waals surface area contributed by atoms with Gasteiger partial charge in [0.25, 0.3) is 0 Å². The van der Waals surface area contributed by atoms with Crippen LogP contribution in [-0.2, 0) is 0 Å². The molecular formula is C14H11N3O3S2. The number of para-hydroxylation sites is 2. The molecule has 0 unspecified atom stereocenters. The van der Waals surface area contributed by atoms with Gasteiger partial charge in [0.2, 0.25) is 0 Å². The Morgan fingerprint density at radius 2 is 2.09 bits per heavy atom. The number of nitrogens with one attached hydrogen (secondary N) is 1. The summed E-state index contributed by atoms with van der Waals surface area (Å²) in [5.41, 5.74) is 1.54. The quantitative estimate of drug-likeness (QED) is 0.548. The number of thiophene rings is 1. The van der Waals surface area contributed by atoms with Gasteiger partial charge in [0.15, 0.2) is 5.13 Å². The van der Waals surface area contributed by atoms with Crippen LogP contribution >= 0.6 is 22.7 Å². The van der Waals surface area contributed by atoms with Crippen molar-refractivity contribution in [3.05, 3.63) is 51.9 Å². The molecule has 22 heavy (non-hydrogen) atoms. The molecule has 0 spiro atoms. The molecule has 0 saturated heterocycles. The number of rotatable bonds is 5. The third kappa shape index (κ3) is 2.92. The van der Waals surface area contributed by atoms with Crippen LogP contribution in [0, 0.1) is 10.1 Å². The molecule has 3 aromatic rings. The van der Waals surface area contributed by atoms with Crippen LogP contribution in [0.4, 0.5) is 15.8 Å². The van der Waals surface area contributed by atoms with Crippen LogP contribution < -0.4 is 10.1 Å². The first-order chi connectivity index (χ1) is 10.7. The number of anilines is 2. The number of hydrogen-bond donors (Lipinski definition) is 1. The molecule has 1 aromatic carbocycles. The summed E-state index contributed by atoms with van der Waals surface area (Å²) in [5, 5.41) is 16.6. The van der Waals surface area contributed by atoms with Crippen molar-refractivity contribution in [3.63, 3.8) is 0 Å². The largest absolute Gasteiger partial charge is 0.495 e. The van der Waals surface area contributed by atoms with Gasteiger partial charge in [-0.3, -0.25) is 10.1 Å². The molecule has 6 nitrogen and oxygen atoms in total. The van der Waals surface area contributed by atoms with Crippen molar-refractivity contribution in [1.82, 2.24) is 4.98 Å². The molecule has 2 heterocycles. The van der Waals surface area contributed by atoms with Crippen LogP contribution in [-0.4, -0.2) is 17.0 Å². The lowest BCUT2D eigenvalue weighted by molar-refractivity contribution is -0.380. The monoisotopic (exact) mass is 333 g/mol. The molecule has 0 aliphatic heterocycles. The van der Waals surface area contributed by atoms with Crippen LogP contribution in [0.1, 0.15) is 0 Å². The summed E-state index contributed by atoms with van der Waals surface area (Å²) in [4.78, 5) is 15.6. The van der Waals surface area contributed by atoms with Crippen molar-refractivity contribution in [3.8, 4) is 16.3 Å². The summed E-state index contributed by atoms with van der Waals surface area (Å²) in [6.07, 6.45) is 0. The predicted molar refractivity (Wildman–Crippen MR) is 88.4 cm³/mol. The summed E-state index contributed by atoms with van der Waals surface area (Å²) >= 11 is 2.55. The molecule has 0 saturated carbocycles. The van der Waals surface area contributed by atoms with Crippen LogP contribution in [0.15, 0.2) is 41.8 Å². The highest BCUT2D eigenvalue weighted by molar-refractivity contribution is 7.19. The third-order valence-corrected chi connectivity index (χ3v) is 4.69. The number of benzene rings is 1. The van der Waals surface area contributed by atoms with E-state index >= 15 is 0 Å². The van der Waals surface area contributed by atoms with Crippen LogP contribution in [0.5, 0.6) is 5.75 Å². The average Bonchev–Trinajstić information content (AvgIpc) is 3.16. The van der Waals surface area contributed by atoms with Crippen molar-refractivity contribution in [2.75, 3.05) is 12.4 Å². The van der Waals surface area contributed by atoms with E-state index in [1.807, 2.05) is 29.6 Å². The van der Waals surface area contributed by atoms with Gasteiger partial charge in [0.1, 0.15) is 5.75 Å². The summed E-state index contributed by atoms with van der Waals surface area (Å²) in [6, 6.07) is 10.8. The van der Waals surface area contributed by atoms with E-state index in [0.717, 1.165) is 33.3 Å². The number of hydrogen-bond acceptors (Lipinski definition) is 7. The third-order valence-electron chi connectivity index (χ3n) is 2.88. The maximum absolute atomic E-state index is 10.7. The zero-order valence-electron chi connectivity index (χ0n) is 11.5. The van der Waals surface area contributed by atoms with Gasteiger partial charge in [-0.2, -0.15) is 0 Å². The minimum Gasteiger partial charge on any atom is -0.495 e. The molecule has 1 N–H and O–H groups in total. The maximum Gasteiger partial charge on any atom is 0.324 e. The highest BCUT2D eigenvalue weighted by Crippen LogP contribution is 2.35. The number of aromatic nitrogens is 1. The van der Waals surface area contributed by atoms with E-state index in [2.05, 4.69) is 10.3 Å². The standard InChI is InChI=1S/C14H11N3O3S2/c1-20-11-5-3-2-4-9(11)15-14-16-10(8-21-14)12-6-7-13(22-12)17(18)19/h2-8H,1H3,(H,15,16). The number of ether oxygens (including phenoxy) is 1. The van der Waals surface area contributed by atoms with E-state index in [-0.39, 0.29) is 5.00 Å². The molecule has 0 aliphatic rings. The van der Waals surface area contributed by atoms with E-state index in [1.54, 1.807) is 13.2 Å². The second-order valence-corrected chi connectivity index (χ2v) is 6.18. The van der Waals surface area contributed by atoms with Crippen molar-refractivity contribution in [1.29, 1.82) is 0 Å². The molecule has 0 amide bonds. The molecule has 0 atom stereocenters. The molecule has 0 radical (unpaired) electrons. The normalized spacial score (nSPS) is 10.4. The first-order valence-corrected chi connectivity index (χ1v) is 7.97. The average molecular weight is 333 g/mol. The van der Waals surface area contributed by atoms with E-state index in [4.69, 9.17) is 4.74 Å². The van der Waals surface area contributed by atoms with E-state index < -0.39 is 4.92 Å². The van der Waals surface area contributed by atoms with Crippen molar-refractivity contribution < 1.29 is 9.66 Å². The lowest BCUT2D eigenvalue weighted by atomic mass is 10.3. The SMILES string of the molecule is COc1ccccc1Nc1nc(-c2ccc([N+](=O)[O-])s2)cs1. The summed E-state index contributed by atoms with van der Waals surface area (Å²) in [6.45, 7) is 0. The van der Waals surface area contributed by atoms with E-state index in [0.29, 0.717) is 5.13 Å². The fourth-order valence-electron chi connectivity index (χ4n) is 1.87. The van der Waals surface area contributed by atoms with Gasteiger partial charge in [0.05, 0.1) is 28.3 Å². The van der Waals surface area contributed by atoms with Crippen LogP contribution in [0.3, 0.4) is 0 Å². The molecular weight excluding hydrogens is 322 g/mol. The summed E-state index contributed by atoms with van der Waals surface area (Å²) in [7, 11) is 1.61. The van der Waals surface area contributed by atoms with Crippen molar-refractivity contribution >= 4 is 38.5 Å². The molecule has 0 aliphatic carbocycles. The molecule has 8 heteroatoms. The Labute approximate surface area is 134 Å². The van der Waals surface area contributed by atoms with Gasteiger partial charge in [-0.05, 0) is 18.2 Å². The van der Waals surface area contributed by atoms with Gasteiger partial charge < -0.3 is 10.1 Å². The van der Waals surface area contributed by atoms with E-state index in [9.17, 15) is 10.1 Å². The molecule has 112 valence electrons. The van der Waals surface area contributed by atoms with Gasteiger partial charge in [-0.25, -0.2) is 4.98 Å². The molecule has 0 bridgehead atoms. The zero-order chi connectivity index (χ0) is 15.5. The van der Waals surface area contributed by atoms with Gasteiger partial charge in [-0.1, -0.05) is 23.5 Å². The Kier molecular flexibility index (Phi) is 4.03. The highest BCUT2D eigenvalue weighted by Gasteiger charge is 2.14. The summed E-state index contributed by atoms with van der Waals surface area (Å²) in [5.74, 6) is 0.728. The maximum atomic E-state index is 10.7. The first kappa shape index (κ1) is 14.5. The van der Waals surface area contributed by atoms with Gasteiger partial charge in [-0.15, -0.1) is 11.3 Å². The Hall–Kier alpha value is -2.45. The highest BCUT2D eigenvalue weighted by atomic mass is 32.1. The Balaban J connectivity index is 1.82. The lowest BCUT2D eigenvalue weighted by Gasteiger charge is -2.07. The first-order valence-electron chi connectivity index (χ1n) is 6.27. The number of methoxy groups -OCH3 is 1. The fraction of sp³-hybridized carbons (Fsp3) is 0.0714. The van der Waals surface area contributed by atoms with Crippen LogP contribution in [0.25, 0.3) is 10.6 Å². The fourth-order valence-corrected chi connectivity index (χ4v) is 3.45. The van der Waals surface area contributed by atoms with Crippen molar-refractivity contribution in [2.24, 2.45) is 0 Å². The van der Waals surface area contributed by atoms with Gasteiger partial charge >= 0.3 is 5.00 Å². The number of thiazole rings is 1. The molecule has 3 rings (SSSR count). The second kappa shape index (κ2) is 6.12. The summed E-state index contributed by atoms with van der Waals surface area (Å²) < 4.78 is 5.28. The smallest absolute Gasteiger partial charge is 0.324 e. The topological polar surface area (TPSA) is 77.3 Å². The molecule has 2 aromatic heterocycles. The van der Waals surface area contributed by atoms with Gasteiger partial charge in [0, 0.05) is 11.4 Å². The van der Waals surface area contributed by atoms with E-state index in [1.165, 1.54) is 17.4 Å².